The Morgan fingerprint density at radius 3 is 2.10 bits per heavy atom. The maximum atomic E-state index is 12.6. The molecule has 1 aliphatic heterocycles. The van der Waals surface area contributed by atoms with Gasteiger partial charge in [-0.15, -0.1) is 0 Å². The summed E-state index contributed by atoms with van der Waals surface area (Å²) >= 11 is 0. The predicted octanol–water partition coefficient (Wildman–Crippen LogP) is 1.97. The van der Waals surface area contributed by atoms with Crippen LogP contribution in [0.5, 0.6) is 0 Å². The first kappa shape index (κ1) is 12.8. The highest BCUT2D eigenvalue weighted by molar-refractivity contribution is 6.31. The van der Waals surface area contributed by atoms with Gasteiger partial charge in [-0.1, -0.05) is 17.7 Å². The van der Waals surface area contributed by atoms with Crippen molar-refractivity contribution in [3.8, 4) is 0 Å². The largest absolute Gasteiger partial charge is 0.335 e. The van der Waals surface area contributed by atoms with E-state index in [9.17, 15) is 14.4 Å². The van der Waals surface area contributed by atoms with Crippen LogP contribution in [-0.4, -0.2) is 17.8 Å². The molecule has 1 N–H and O–H groups in total. The lowest BCUT2D eigenvalue weighted by Gasteiger charge is -2.32. The monoisotopic (exact) mass is 272 g/mol. The average molecular weight is 272 g/mol. The van der Waals surface area contributed by atoms with Gasteiger partial charge >= 0.3 is 6.03 Å². The highest BCUT2D eigenvalue weighted by Gasteiger charge is 2.62. The molecule has 0 atom stereocenters. The molecule has 20 heavy (non-hydrogen) atoms. The average Bonchev–Trinajstić information content (AvgIpc) is 3.12. The van der Waals surface area contributed by atoms with Gasteiger partial charge in [0.1, 0.15) is 5.41 Å². The summed E-state index contributed by atoms with van der Waals surface area (Å²) in [6, 6.07) is 3.21. The van der Waals surface area contributed by atoms with Crippen LogP contribution < -0.4 is 10.2 Å². The Morgan fingerprint density at radius 1 is 1.05 bits per heavy atom. The Morgan fingerprint density at radius 2 is 1.60 bits per heavy atom. The number of carbonyl (C=O) groups excluding carboxylic acids is 3. The number of nitrogens with zero attached hydrogens (tertiary/aromatic N) is 1. The van der Waals surface area contributed by atoms with E-state index in [1.807, 2.05) is 32.9 Å². The third-order valence-electron chi connectivity index (χ3n) is 4.08. The molecule has 2 aliphatic rings. The third-order valence-corrected chi connectivity index (χ3v) is 4.08. The SMILES string of the molecule is Cc1cc(C)c(N2C(=O)NC(=O)C3(CC3)C2=O)c(C)c1. The predicted molar refractivity (Wildman–Crippen MR) is 73.3 cm³/mol. The molecular formula is C15H16N2O3. The van der Waals surface area contributed by atoms with E-state index in [1.54, 1.807) is 0 Å². The summed E-state index contributed by atoms with van der Waals surface area (Å²) in [6.07, 6.45) is 1.04. The van der Waals surface area contributed by atoms with Crippen LogP contribution in [-0.2, 0) is 9.59 Å². The summed E-state index contributed by atoms with van der Waals surface area (Å²) in [6.45, 7) is 5.70. The summed E-state index contributed by atoms with van der Waals surface area (Å²) < 4.78 is 0. The Hall–Kier alpha value is -2.17. The molecule has 0 unspecified atom stereocenters. The van der Waals surface area contributed by atoms with Gasteiger partial charge in [0.2, 0.25) is 5.91 Å². The quantitative estimate of drug-likeness (QED) is 0.795. The molecule has 1 aromatic carbocycles. The molecule has 104 valence electrons. The van der Waals surface area contributed by atoms with Crippen LogP contribution in [0.4, 0.5) is 10.5 Å². The second kappa shape index (κ2) is 3.91. The number of aryl methyl sites for hydroxylation is 3. The fraction of sp³-hybridized carbons (Fsp3) is 0.400. The number of barbiturate groups is 1. The summed E-state index contributed by atoms with van der Waals surface area (Å²) in [5, 5.41) is 2.31. The first-order valence-corrected chi connectivity index (χ1v) is 6.65. The minimum absolute atomic E-state index is 0.388. The normalized spacial score (nSPS) is 20.4. The lowest BCUT2D eigenvalue weighted by atomic mass is 9.98. The van der Waals surface area contributed by atoms with E-state index in [1.165, 1.54) is 0 Å². The smallest absolute Gasteiger partial charge is 0.276 e. The number of carbonyl (C=O) groups is 3. The fourth-order valence-electron chi connectivity index (χ4n) is 2.97. The van der Waals surface area contributed by atoms with E-state index >= 15 is 0 Å². The number of imide groups is 2. The van der Waals surface area contributed by atoms with E-state index in [-0.39, 0.29) is 5.91 Å². The maximum Gasteiger partial charge on any atom is 0.335 e. The highest BCUT2D eigenvalue weighted by atomic mass is 16.2. The molecule has 3 rings (SSSR count). The van der Waals surface area contributed by atoms with Crippen LogP contribution in [0.3, 0.4) is 0 Å². The molecule has 0 bridgehead atoms. The van der Waals surface area contributed by atoms with E-state index in [0.717, 1.165) is 21.6 Å². The summed E-state index contributed by atoms with van der Waals surface area (Å²) in [4.78, 5) is 37.6. The molecule has 5 heteroatoms. The second-order valence-electron chi connectivity index (χ2n) is 5.73. The van der Waals surface area contributed by atoms with Crippen LogP contribution in [0.1, 0.15) is 29.5 Å². The Balaban J connectivity index is 2.12. The van der Waals surface area contributed by atoms with Gasteiger partial charge in [0.15, 0.2) is 0 Å². The zero-order valence-corrected chi connectivity index (χ0v) is 11.7. The van der Waals surface area contributed by atoms with Crippen molar-refractivity contribution < 1.29 is 14.4 Å². The third kappa shape index (κ3) is 1.59. The molecule has 1 aromatic rings. The van der Waals surface area contributed by atoms with Crippen molar-refractivity contribution in [2.75, 3.05) is 4.90 Å². The van der Waals surface area contributed by atoms with E-state index in [4.69, 9.17) is 0 Å². The van der Waals surface area contributed by atoms with Gasteiger partial charge in [0.25, 0.3) is 5.91 Å². The van der Waals surface area contributed by atoms with Crippen LogP contribution in [0.25, 0.3) is 0 Å². The topological polar surface area (TPSA) is 66.5 Å². The standard InChI is InChI=1S/C15H16N2O3/c1-8-6-9(2)11(10(3)7-8)17-13(19)15(4-5-15)12(18)16-14(17)20/h6-7H,4-5H2,1-3H3,(H,16,18,20). The summed E-state index contributed by atoms with van der Waals surface area (Å²) in [5.41, 5.74) is 2.38. The van der Waals surface area contributed by atoms with Crippen molar-refractivity contribution in [2.45, 2.75) is 33.6 Å². The number of hydrogen-bond donors (Lipinski definition) is 1. The van der Waals surface area contributed by atoms with E-state index in [2.05, 4.69) is 5.32 Å². The fourth-order valence-corrected chi connectivity index (χ4v) is 2.97. The molecule has 0 aromatic heterocycles. The van der Waals surface area contributed by atoms with Crippen LogP contribution in [0.15, 0.2) is 12.1 Å². The molecule has 1 spiro atoms. The van der Waals surface area contributed by atoms with Crippen molar-refractivity contribution in [1.82, 2.24) is 5.32 Å². The molecule has 2 fully saturated rings. The van der Waals surface area contributed by atoms with Gasteiger partial charge in [-0.25, -0.2) is 9.69 Å². The Kier molecular flexibility index (Phi) is 2.51. The second-order valence-corrected chi connectivity index (χ2v) is 5.73. The van der Waals surface area contributed by atoms with Gasteiger partial charge in [-0.05, 0) is 44.7 Å². The van der Waals surface area contributed by atoms with E-state index in [0.29, 0.717) is 18.5 Å². The molecule has 1 saturated carbocycles. The lowest BCUT2D eigenvalue weighted by Crippen LogP contribution is -2.59. The maximum absolute atomic E-state index is 12.6. The highest BCUT2D eigenvalue weighted by Crippen LogP contribution is 2.50. The summed E-state index contributed by atoms with van der Waals surface area (Å²) in [7, 11) is 0. The Bertz CT molecular complexity index is 636. The van der Waals surface area contributed by atoms with E-state index < -0.39 is 17.4 Å². The molecule has 1 aliphatic carbocycles. The first-order chi connectivity index (χ1) is 9.36. The number of anilines is 1. The van der Waals surface area contributed by atoms with Gasteiger partial charge in [0, 0.05) is 0 Å². The Labute approximate surface area is 116 Å². The number of urea groups is 1. The molecule has 1 saturated heterocycles. The van der Waals surface area contributed by atoms with Gasteiger partial charge in [-0.2, -0.15) is 0 Å². The zero-order valence-electron chi connectivity index (χ0n) is 11.7. The van der Waals surface area contributed by atoms with Crippen molar-refractivity contribution >= 4 is 23.5 Å². The number of rotatable bonds is 1. The van der Waals surface area contributed by atoms with Crippen molar-refractivity contribution in [2.24, 2.45) is 5.41 Å². The lowest BCUT2D eigenvalue weighted by molar-refractivity contribution is -0.136. The zero-order chi connectivity index (χ0) is 14.7. The molecular weight excluding hydrogens is 256 g/mol. The number of benzene rings is 1. The number of hydrogen-bond acceptors (Lipinski definition) is 3. The minimum atomic E-state index is -1.00. The molecule has 1 heterocycles. The van der Waals surface area contributed by atoms with Crippen molar-refractivity contribution in [3.05, 3.63) is 28.8 Å². The van der Waals surface area contributed by atoms with Crippen LogP contribution in [0.2, 0.25) is 0 Å². The number of nitrogens with one attached hydrogen (secondary N) is 1. The van der Waals surface area contributed by atoms with Crippen LogP contribution in [0, 0.1) is 26.2 Å². The number of amides is 4. The molecule has 4 amide bonds. The summed E-state index contributed by atoms with van der Waals surface area (Å²) in [5.74, 6) is -0.840. The van der Waals surface area contributed by atoms with Crippen molar-refractivity contribution in [3.63, 3.8) is 0 Å². The van der Waals surface area contributed by atoms with Gasteiger partial charge in [0.05, 0.1) is 5.69 Å². The molecule has 5 nitrogen and oxygen atoms in total. The van der Waals surface area contributed by atoms with Gasteiger partial charge in [-0.3, -0.25) is 14.9 Å². The minimum Gasteiger partial charge on any atom is -0.276 e. The van der Waals surface area contributed by atoms with Crippen LogP contribution >= 0.6 is 0 Å². The van der Waals surface area contributed by atoms with Crippen molar-refractivity contribution in [1.29, 1.82) is 0 Å². The first-order valence-electron chi connectivity index (χ1n) is 6.65. The molecule has 0 radical (unpaired) electrons. The van der Waals surface area contributed by atoms with Gasteiger partial charge < -0.3 is 0 Å².